The van der Waals surface area contributed by atoms with E-state index in [0.29, 0.717) is 22.7 Å². The van der Waals surface area contributed by atoms with Crippen LogP contribution in [0.25, 0.3) is 32.5 Å². The van der Waals surface area contributed by atoms with Gasteiger partial charge in [-0.1, -0.05) is 41.6 Å². The molecule has 2 atom stereocenters. The van der Waals surface area contributed by atoms with E-state index in [0.717, 1.165) is 66.7 Å². The summed E-state index contributed by atoms with van der Waals surface area (Å²) in [5.74, 6) is -2.84. The van der Waals surface area contributed by atoms with Crippen molar-refractivity contribution in [2.75, 3.05) is 0 Å². The van der Waals surface area contributed by atoms with Crippen LogP contribution in [0.3, 0.4) is 0 Å². The van der Waals surface area contributed by atoms with E-state index < -0.39 is 78.6 Å². The molecule has 358 valence electrons. The van der Waals surface area contributed by atoms with Gasteiger partial charge in [0.25, 0.3) is 0 Å². The van der Waals surface area contributed by atoms with Crippen molar-refractivity contribution in [1.29, 1.82) is 5.26 Å². The molecule has 2 unspecified atom stereocenters. The lowest BCUT2D eigenvalue weighted by Crippen LogP contribution is -2.23. The maximum atomic E-state index is 14.4. The molecule has 0 amide bonds. The zero-order chi connectivity index (χ0) is 49.9. The molecule has 0 aliphatic heterocycles. The zero-order valence-electron chi connectivity index (χ0n) is 34.2. The van der Waals surface area contributed by atoms with Crippen molar-refractivity contribution in [3.63, 3.8) is 0 Å². The summed E-state index contributed by atoms with van der Waals surface area (Å²) in [6.07, 6.45) is -23.5. The Labute approximate surface area is 381 Å². The number of hydrogen-bond donors (Lipinski definition) is 1. The van der Waals surface area contributed by atoms with Gasteiger partial charge in [0.2, 0.25) is 0 Å². The van der Waals surface area contributed by atoms with Crippen LogP contribution in [-0.4, -0.2) is 32.5 Å². The molecule has 0 aliphatic rings. The number of nitriles is 1. The van der Waals surface area contributed by atoms with Gasteiger partial charge >= 0.3 is 30.5 Å². The topological polar surface area (TPSA) is 127 Å². The third-order valence-corrected chi connectivity index (χ3v) is 11.9. The van der Waals surface area contributed by atoms with Gasteiger partial charge in [0, 0.05) is 11.1 Å². The third-order valence-electron chi connectivity index (χ3n) is 9.37. The lowest BCUT2D eigenvalue weighted by Gasteiger charge is -2.20. The Hall–Kier alpha value is -6.49. The highest BCUT2D eigenvalue weighted by molar-refractivity contribution is 7.15. The first kappa shape index (κ1) is 50.9. The molecule has 0 aliphatic carbocycles. The molecule has 68 heavy (non-hydrogen) atoms. The van der Waals surface area contributed by atoms with Crippen LogP contribution in [0.1, 0.15) is 61.2 Å². The number of halogens is 14. The molecule has 0 bridgehead atoms. The van der Waals surface area contributed by atoms with Crippen LogP contribution in [0, 0.1) is 36.8 Å². The van der Waals surface area contributed by atoms with Crippen LogP contribution in [-0.2, 0) is 35.0 Å². The van der Waals surface area contributed by atoms with Crippen LogP contribution >= 0.6 is 22.7 Å². The maximum Gasteiger partial charge on any atom is 0.439 e. The summed E-state index contributed by atoms with van der Waals surface area (Å²) in [6.45, 7) is 1.46. The van der Waals surface area contributed by atoms with Crippen molar-refractivity contribution < 1.29 is 75.5 Å². The summed E-state index contributed by atoms with van der Waals surface area (Å²) < 4.78 is 202. The number of alkyl halides is 12. The van der Waals surface area contributed by atoms with Gasteiger partial charge in [0.15, 0.2) is 18.0 Å². The molecule has 25 heteroatoms. The number of nitrogens with zero attached hydrogens (tertiary/aromatic N) is 4. The van der Waals surface area contributed by atoms with Crippen molar-refractivity contribution in [3.8, 4) is 38.6 Å². The van der Waals surface area contributed by atoms with E-state index in [1.807, 2.05) is 0 Å². The van der Waals surface area contributed by atoms with Gasteiger partial charge in [-0.15, -0.1) is 22.7 Å². The monoisotopic (exact) mass is 1010 g/mol. The number of aromatic nitrogens is 4. The van der Waals surface area contributed by atoms with Gasteiger partial charge in [0.1, 0.15) is 27.7 Å². The van der Waals surface area contributed by atoms with Crippen LogP contribution in [0.5, 0.6) is 0 Å². The standard InChI is InChI=1S/C22H14F7N3O3S.C21H13F7N2OS/c1-10-16(36-19(30-10)12-3-5-13(6-4-12)21(24,25)26)17(22(27,28)29)34-9-11-2-7-14(15(23)8-11)18-31-20(33)35-32-18;1-11-17(32-19(30-11)13-4-6-15(7-5-13)20(23,24)25)18(21(26,27)28)31-10-12-2-3-14(9-29)16(22)8-12/h2-8,17H,9H2,1H3,(H,31,32,33);2-8,18H,10H2,1H3. The second kappa shape index (κ2) is 20.0. The molecule has 9 nitrogen and oxygen atoms in total. The van der Waals surface area contributed by atoms with Gasteiger partial charge in [-0.25, -0.2) is 23.5 Å². The van der Waals surface area contributed by atoms with Gasteiger partial charge in [0.05, 0.1) is 56.6 Å². The number of aryl methyl sites for hydroxylation is 2. The van der Waals surface area contributed by atoms with E-state index in [-0.39, 0.29) is 70.4 Å². The van der Waals surface area contributed by atoms with Gasteiger partial charge in [-0.05, 0) is 73.5 Å². The number of thiazole rings is 2. The molecule has 3 aromatic heterocycles. The van der Waals surface area contributed by atoms with Crippen molar-refractivity contribution in [1.82, 2.24) is 20.1 Å². The number of ether oxygens (including phenoxy) is 2. The number of rotatable bonds is 11. The van der Waals surface area contributed by atoms with Crippen molar-refractivity contribution in [2.45, 2.75) is 64.0 Å². The van der Waals surface area contributed by atoms with Crippen LogP contribution < -0.4 is 5.76 Å². The number of benzene rings is 4. The first-order chi connectivity index (χ1) is 31.7. The Balaban J connectivity index is 0.000000226. The quantitative estimate of drug-likeness (QED) is 0.127. The number of aromatic amines is 1. The number of H-pyrrole nitrogens is 1. The number of nitrogens with one attached hydrogen (secondary N) is 1. The highest BCUT2D eigenvalue weighted by Crippen LogP contribution is 2.45. The molecule has 1 N–H and O–H groups in total. The van der Waals surface area contributed by atoms with Gasteiger partial charge in [-0.3, -0.25) is 9.51 Å². The van der Waals surface area contributed by atoms with Crippen LogP contribution in [0.2, 0.25) is 0 Å². The smallest absolute Gasteiger partial charge is 0.358 e. The molecule has 4 aromatic carbocycles. The fraction of sp³-hybridized carbons (Fsp3) is 0.233. The second-order valence-electron chi connectivity index (χ2n) is 14.2. The Morgan fingerprint density at radius 2 is 1.07 bits per heavy atom. The van der Waals surface area contributed by atoms with Crippen molar-refractivity contribution in [2.24, 2.45) is 0 Å². The van der Waals surface area contributed by atoms with E-state index in [1.165, 1.54) is 32.0 Å². The SMILES string of the molecule is Cc1nc(-c2ccc(C(F)(F)F)cc2)sc1C(OCc1ccc(-c2noc(=O)[nH]2)c(F)c1)C(F)(F)F.Cc1nc(-c2ccc(C(F)(F)F)cc2)sc1C(OCc1ccc(C#N)c(F)c1)C(F)(F)F. The van der Waals surface area contributed by atoms with E-state index in [4.69, 9.17) is 14.7 Å². The van der Waals surface area contributed by atoms with E-state index in [9.17, 15) is 66.3 Å². The highest BCUT2D eigenvalue weighted by atomic mass is 32.1. The molecule has 0 fully saturated rings. The molecule has 7 aromatic rings. The average Bonchev–Trinajstić information content (AvgIpc) is 3.97. The summed E-state index contributed by atoms with van der Waals surface area (Å²) in [4.78, 5) is 20.8. The number of hydrogen-bond acceptors (Lipinski definition) is 10. The van der Waals surface area contributed by atoms with Gasteiger partial charge in [-0.2, -0.15) is 57.9 Å². The van der Waals surface area contributed by atoms with Crippen LogP contribution in [0.4, 0.5) is 61.5 Å². The Morgan fingerprint density at radius 1 is 0.647 bits per heavy atom. The summed E-state index contributed by atoms with van der Waals surface area (Å²) in [6, 6.07) is 16.2. The minimum atomic E-state index is -4.85. The Bertz CT molecular complexity index is 2970. The minimum absolute atomic E-state index is 0.00580. The van der Waals surface area contributed by atoms with E-state index in [2.05, 4.69) is 24.6 Å². The fourth-order valence-corrected chi connectivity index (χ4v) is 8.37. The summed E-state index contributed by atoms with van der Waals surface area (Å²) >= 11 is 1.29. The largest absolute Gasteiger partial charge is 0.439 e. The van der Waals surface area contributed by atoms with Crippen molar-refractivity contribution in [3.05, 3.63) is 156 Å². The average molecular weight is 1010 g/mol. The lowest BCUT2D eigenvalue weighted by atomic mass is 10.1. The summed E-state index contributed by atoms with van der Waals surface area (Å²) in [5.41, 5.74) is -1.55. The fourth-order valence-electron chi connectivity index (χ4n) is 6.08. The molecular formula is C43H27F14N5O4S2. The molecule has 3 heterocycles. The molecule has 0 radical (unpaired) electrons. The van der Waals surface area contributed by atoms with E-state index in [1.54, 1.807) is 6.07 Å². The minimum Gasteiger partial charge on any atom is -0.358 e. The predicted molar refractivity (Wildman–Crippen MR) is 215 cm³/mol. The first-order valence-corrected chi connectivity index (χ1v) is 20.6. The summed E-state index contributed by atoms with van der Waals surface area (Å²) in [5, 5.41) is 12.3. The van der Waals surface area contributed by atoms with E-state index >= 15 is 0 Å². The molecule has 7 rings (SSSR count). The van der Waals surface area contributed by atoms with Crippen LogP contribution in [0.15, 0.2) is 94.2 Å². The van der Waals surface area contributed by atoms with Crippen molar-refractivity contribution >= 4 is 22.7 Å². The Morgan fingerprint density at radius 3 is 1.43 bits per heavy atom. The molecule has 0 spiro atoms. The molecular weight excluding hydrogens is 981 g/mol. The predicted octanol–water partition coefficient (Wildman–Crippen LogP) is 13.4. The zero-order valence-corrected chi connectivity index (χ0v) is 35.8. The maximum absolute atomic E-state index is 14.4. The molecule has 0 saturated heterocycles. The lowest BCUT2D eigenvalue weighted by molar-refractivity contribution is -0.226. The summed E-state index contributed by atoms with van der Waals surface area (Å²) in [7, 11) is 0. The molecule has 0 saturated carbocycles. The Kier molecular flexibility index (Phi) is 15.0. The third kappa shape index (κ3) is 12.3. The first-order valence-electron chi connectivity index (χ1n) is 18.9. The van der Waals surface area contributed by atoms with Gasteiger partial charge < -0.3 is 9.47 Å². The second-order valence-corrected chi connectivity index (χ2v) is 16.3. The highest BCUT2D eigenvalue weighted by Gasteiger charge is 2.45. The normalized spacial score (nSPS) is 13.2.